The van der Waals surface area contributed by atoms with E-state index < -0.39 is 0 Å². The molecule has 0 aliphatic rings. The molecule has 0 fully saturated rings. The van der Waals surface area contributed by atoms with Gasteiger partial charge in [-0.15, -0.1) is 0 Å². The van der Waals surface area contributed by atoms with Crippen molar-refractivity contribution in [3.8, 4) is 0 Å². The lowest BCUT2D eigenvalue weighted by atomic mass is 10.1. The van der Waals surface area contributed by atoms with Crippen LogP contribution < -0.4 is 5.32 Å². The molecule has 0 bridgehead atoms. The van der Waals surface area contributed by atoms with Gasteiger partial charge in [-0.25, -0.2) is 4.98 Å². The molecule has 2 aromatic rings. The van der Waals surface area contributed by atoms with Gasteiger partial charge >= 0.3 is 0 Å². The molecule has 2 aromatic heterocycles. The van der Waals surface area contributed by atoms with Crippen molar-refractivity contribution in [1.82, 2.24) is 15.3 Å². The number of hydrogen-bond donors (Lipinski definition) is 1. The largest absolute Gasteiger partial charge is 0.348 e. The number of amides is 1. The first-order valence-electron chi connectivity index (χ1n) is 6.52. The van der Waals surface area contributed by atoms with Gasteiger partial charge in [0.25, 0.3) is 5.91 Å². The number of nitrogens with zero attached hydrogens (tertiary/aromatic N) is 2. The highest BCUT2D eigenvalue weighted by Gasteiger charge is 2.09. The first-order valence-corrected chi connectivity index (χ1v) is 6.90. The van der Waals surface area contributed by atoms with E-state index in [-0.39, 0.29) is 5.91 Å². The van der Waals surface area contributed by atoms with Crippen molar-refractivity contribution in [2.24, 2.45) is 0 Å². The predicted octanol–water partition coefficient (Wildman–Crippen LogP) is 3.01. The number of hydrogen-bond acceptors (Lipinski definition) is 3. The Morgan fingerprint density at radius 3 is 2.95 bits per heavy atom. The molecule has 20 heavy (non-hydrogen) atoms. The quantitative estimate of drug-likeness (QED) is 0.861. The summed E-state index contributed by atoms with van der Waals surface area (Å²) in [6.07, 6.45) is 5.20. The van der Waals surface area contributed by atoms with Crippen molar-refractivity contribution < 1.29 is 4.79 Å². The number of halogens is 1. The molecule has 2 rings (SSSR count). The van der Waals surface area contributed by atoms with E-state index >= 15 is 0 Å². The van der Waals surface area contributed by atoms with Gasteiger partial charge in [0.1, 0.15) is 5.15 Å². The molecule has 0 saturated carbocycles. The highest BCUT2D eigenvalue weighted by molar-refractivity contribution is 6.29. The van der Waals surface area contributed by atoms with E-state index in [4.69, 9.17) is 11.6 Å². The van der Waals surface area contributed by atoms with E-state index in [0.717, 1.165) is 24.1 Å². The normalized spacial score (nSPS) is 10.3. The molecule has 2 heterocycles. The summed E-state index contributed by atoms with van der Waals surface area (Å²) in [4.78, 5) is 20.3. The minimum atomic E-state index is -0.157. The lowest BCUT2D eigenvalue weighted by Gasteiger charge is -2.07. The number of carbonyl (C=O) groups excluding carboxylic acids is 1. The topological polar surface area (TPSA) is 54.9 Å². The maximum atomic E-state index is 12.1. The molecule has 1 amide bonds. The summed E-state index contributed by atoms with van der Waals surface area (Å²) < 4.78 is 0. The molecule has 0 atom stereocenters. The smallest absolute Gasteiger partial charge is 0.251 e. The molecule has 5 heteroatoms. The van der Waals surface area contributed by atoms with Gasteiger partial charge < -0.3 is 5.32 Å². The van der Waals surface area contributed by atoms with Crippen LogP contribution in [0.1, 0.15) is 35.0 Å². The van der Waals surface area contributed by atoms with Crippen LogP contribution in [0.5, 0.6) is 0 Å². The third-order valence-corrected chi connectivity index (χ3v) is 2.98. The molecule has 4 nitrogen and oxygen atoms in total. The minimum Gasteiger partial charge on any atom is -0.348 e. The molecule has 0 saturated heterocycles. The number of carbonyl (C=O) groups is 1. The average molecular weight is 290 g/mol. The number of nitrogens with one attached hydrogen (secondary N) is 1. The van der Waals surface area contributed by atoms with Crippen LogP contribution in [0.15, 0.2) is 36.7 Å². The van der Waals surface area contributed by atoms with Crippen LogP contribution >= 0.6 is 11.6 Å². The van der Waals surface area contributed by atoms with Crippen LogP contribution in [0.4, 0.5) is 0 Å². The fraction of sp³-hybridized carbons (Fsp3) is 0.267. The second-order valence-corrected chi connectivity index (χ2v) is 4.85. The highest BCUT2D eigenvalue weighted by Crippen LogP contribution is 2.12. The maximum absolute atomic E-state index is 12.1. The summed E-state index contributed by atoms with van der Waals surface area (Å²) in [5, 5.41) is 3.20. The SMILES string of the molecule is CCCc1cc(C(=O)NCc2cccnc2)cc(Cl)n1. The monoisotopic (exact) mass is 289 g/mol. The zero-order chi connectivity index (χ0) is 14.4. The van der Waals surface area contributed by atoms with Crippen LogP contribution in [0.3, 0.4) is 0 Å². The van der Waals surface area contributed by atoms with Crippen molar-refractivity contribution in [3.63, 3.8) is 0 Å². The Morgan fingerprint density at radius 1 is 1.40 bits per heavy atom. The van der Waals surface area contributed by atoms with Crippen LogP contribution in [-0.4, -0.2) is 15.9 Å². The zero-order valence-corrected chi connectivity index (χ0v) is 12.0. The van der Waals surface area contributed by atoms with Crippen molar-refractivity contribution in [1.29, 1.82) is 0 Å². The second kappa shape index (κ2) is 7.01. The number of pyridine rings is 2. The molecule has 1 N–H and O–H groups in total. The highest BCUT2D eigenvalue weighted by atomic mass is 35.5. The summed E-state index contributed by atoms with van der Waals surface area (Å²) in [5.41, 5.74) is 2.33. The van der Waals surface area contributed by atoms with Crippen molar-refractivity contribution in [3.05, 3.63) is 58.6 Å². The van der Waals surface area contributed by atoms with Crippen LogP contribution in [0.2, 0.25) is 5.15 Å². The Balaban J connectivity index is 2.05. The molecule has 0 aliphatic heterocycles. The number of rotatable bonds is 5. The van der Waals surface area contributed by atoms with E-state index in [1.807, 2.05) is 12.1 Å². The van der Waals surface area contributed by atoms with Crippen LogP contribution in [0.25, 0.3) is 0 Å². The number of aromatic nitrogens is 2. The molecule has 0 aliphatic carbocycles. The zero-order valence-electron chi connectivity index (χ0n) is 11.3. The summed E-state index contributed by atoms with van der Waals surface area (Å²) in [6, 6.07) is 7.12. The molecule has 0 spiro atoms. The summed E-state index contributed by atoms with van der Waals surface area (Å²) >= 11 is 5.95. The summed E-state index contributed by atoms with van der Waals surface area (Å²) in [7, 11) is 0. The van der Waals surface area contributed by atoms with Crippen LogP contribution in [-0.2, 0) is 13.0 Å². The van der Waals surface area contributed by atoms with Crippen molar-refractivity contribution in [2.45, 2.75) is 26.3 Å². The third-order valence-electron chi connectivity index (χ3n) is 2.79. The van der Waals surface area contributed by atoms with Gasteiger partial charge in [-0.3, -0.25) is 9.78 Å². The summed E-state index contributed by atoms with van der Waals surface area (Å²) in [5.74, 6) is -0.157. The first kappa shape index (κ1) is 14.5. The van der Waals surface area contributed by atoms with E-state index in [1.165, 1.54) is 0 Å². The van der Waals surface area contributed by atoms with Crippen LogP contribution in [0, 0.1) is 0 Å². The summed E-state index contributed by atoms with van der Waals surface area (Å²) in [6.45, 7) is 2.50. The minimum absolute atomic E-state index is 0.157. The molecule has 104 valence electrons. The van der Waals surface area contributed by atoms with Crippen molar-refractivity contribution >= 4 is 17.5 Å². The fourth-order valence-corrected chi connectivity index (χ4v) is 2.08. The fourth-order valence-electron chi connectivity index (χ4n) is 1.85. The Hall–Kier alpha value is -1.94. The molecular formula is C15H16ClN3O. The van der Waals surface area contributed by atoms with Crippen molar-refractivity contribution in [2.75, 3.05) is 0 Å². The van der Waals surface area contributed by atoms with E-state index in [1.54, 1.807) is 24.5 Å². The molecule has 0 aromatic carbocycles. The van der Waals surface area contributed by atoms with E-state index in [0.29, 0.717) is 17.3 Å². The van der Waals surface area contributed by atoms with Gasteiger partial charge in [0, 0.05) is 30.2 Å². The molecule has 0 unspecified atom stereocenters. The second-order valence-electron chi connectivity index (χ2n) is 4.46. The lowest BCUT2D eigenvalue weighted by Crippen LogP contribution is -2.23. The van der Waals surface area contributed by atoms with Gasteiger partial charge in [0.15, 0.2) is 0 Å². The van der Waals surface area contributed by atoms with E-state index in [9.17, 15) is 4.79 Å². The van der Waals surface area contributed by atoms with E-state index in [2.05, 4.69) is 22.2 Å². The predicted molar refractivity (Wildman–Crippen MR) is 78.6 cm³/mol. The molecule has 0 radical (unpaired) electrons. The standard InChI is InChI=1S/C15H16ClN3O/c1-2-4-13-7-12(8-14(16)19-13)15(20)18-10-11-5-3-6-17-9-11/h3,5-9H,2,4,10H2,1H3,(H,18,20). The maximum Gasteiger partial charge on any atom is 0.251 e. The van der Waals surface area contributed by atoms with Gasteiger partial charge in [-0.2, -0.15) is 0 Å². The average Bonchev–Trinajstić information content (AvgIpc) is 2.45. The molecular weight excluding hydrogens is 274 g/mol. The van der Waals surface area contributed by atoms with Gasteiger partial charge in [0.05, 0.1) is 0 Å². The Bertz CT molecular complexity index is 587. The third kappa shape index (κ3) is 4.03. The lowest BCUT2D eigenvalue weighted by molar-refractivity contribution is 0.0950. The van der Waals surface area contributed by atoms with Gasteiger partial charge in [-0.05, 0) is 30.2 Å². The Kier molecular flexibility index (Phi) is 5.07. The number of aryl methyl sites for hydroxylation is 1. The van der Waals surface area contributed by atoms with Gasteiger partial charge in [-0.1, -0.05) is 31.0 Å². The van der Waals surface area contributed by atoms with Gasteiger partial charge in [0.2, 0.25) is 0 Å². The Morgan fingerprint density at radius 2 is 2.25 bits per heavy atom. The first-order chi connectivity index (χ1) is 9.69. The Labute approximate surface area is 123 Å².